The second-order valence-corrected chi connectivity index (χ2v) is 6.74. The summed E-state index contributed by atoms with van der Waals surface area (Å²) in [6, 6.07) is 7.85. The number of hydrogen-bond donors (Lipinski definition) is 2. The Bertz CT molecular complexity index is 784. The molecule has 0 aliphatic carbocycles. The minimum atomic E-state index is -0.790. The van der Waals surface area contributed by atoms with E-state index in [9.17, 15) is 9.90 Å². The normalized spacial score (nSPS) is 18.9. The van der Waals surface area contributed by atoms with E-state index in [4.69, 9.17) is 5.73 Å². The molecular formula is C18H25Cl3N4O2. The van der Waals surface area contributed by atoms with E-state index in [0.717, 1.165) is 42.9 Å². The molecule has 6 nitrogen and oxygen atoms in total. The van der Waals surface area contributed by atoms with Crippen molar-refractivity contribution in [2.75, 3.05) is 13.1 Å². The summed E-state index contributed by atoms with van der Waals surface area (Å²) in [5, 5.41) is 9.66. The van der Waals surface area contributed by atoms with Crippen molar-refractivity contribution in [2.45, 2.75) is 37.8 Å². The Kier molecular flexibility index (Phi) is 8.57. The zero-order valence-corrected chi connectivity index (χ0v) is 17.2. The van der Waals surface area contributed by atoms with Gasteiger partial charge in [0.15, 0.2) is 0 Å². The Hall–Kier alpha value is -1.31. The number of nitrogens with zero attached hydrogens (tertiary/aromatic N) is 3. The fourth-order valence-corrected chi connectivity index (χ4v) is 3.92. The topological polar surface area (TPSA) is 84.4 Å². The van der Waals surface area contributed by atoms with Crippen LogP contribution in [0, 0.1) is 0 Å². The van der Waals surface area contributed by atoms with Crippen molar-refractivity contribution in [3.8, 4) is 5.69 Å². The molecule has 4 rings (SSSR count). The van der Waals surface area contributed by atoms with Crippen LogP contribution in [0.3, 0.4) is 0 Å². The van der Waals surface area contributed by atoms with Crippen molar-refractivity contribution in [3.05, 3.63) is 47.5 Å². The lowest BCUT2D eigenvalue weighted by Gasteiger charge is -2.24. The number of benzene rings is 1. The fraction of sp³-hybridized carbons (Fsp3) is 0.444. The van der Waals surface area contributed by atoms with Crippen LogP contribution >= 0.6 is 37.2 Å². The van der Waals surface area contributed by atoms with Crippen LogP contribution in [0.15, 0.2) is 30.6 Å². The molecule has 3 heterocycles. The third-order valence-electron chi connectivity index (χ3n) is 5.20. The number of carbonyl (C=O) groups is 1. The van der Waals surface area contributed by atoms with Crippen molar-refractivity contribution in [3.63, 3.8) is 0 Å². The van der Waals surface area contributed by atoms with Gasteiger partial charge in [-0.25, -0.2) is 4.98 Å². The molecular weight excluding hydrogens is 411 g/mol. The van der Waals surface area contributed by atoms with Crippen LogP contribution in [0.1, 0.15) is 23.4 Å². The molecule has 2 aromatic rings. The number of imidazole rings is 1. The second-order valence-electron chi connectivity index (χ2n) is 6.74. The van der Waals surface area contributed by atoms with E-state index in [-0.39, 0.29) is 43.3 Å². The number of carboxylic acids is 1. The number of para-hydroxylation sites is 1. The number of carboxylic acid groups (broad SMARTS) is 1. The predicted molar refractivity (Wildman–Crippen MR) is 112 cm³/mol. The van der Waals surface area contributed by atoms with Gasteiger partial charge >= 0.3 is 5.97 Å². The van der Waals surface area contributed by atoms with Crippen molar-refractivity contribution in [2.24, 2.45) is 5.73 Å². The summed E-state index contributed by atoms with van der Waals surface area (Å²) in [4.78, 5) is 18.3. The number of aromatic nitrogens is 2. The lowest BCUT2D eigenvalue weighted by molar-refractivity contribution is -0.142. The molecule has 0 spiro atoms. The Morgan fingerprint density at radius 3 is 2.67 bits per heavy atom. The first-order valence-corrected chi connectivity index (χ1v) is 8.49. The molecule has 3 N–H and O–H groups in total. The molecule has 1 aromatic heterocycles. The first-order chi connectivity index (χ1) is 11.6. The second kappa shape index (κ2) is 9.75. The van der Waals surface area contributed by atoms with Gasteiger partial charge in [-0.15, -0.1) is 37.2 Å². The van der Waals surface area contributed by atoms with Gasteiger partial charge in [-0.1, -0.05) is 18.2 Å². The smallest absolute Gasteiger partial charge is 0.321 e. The van der Waals surface area contributed by atoms with Gasteiger partial charge in [0, 0.05) is 36.9 Å². The summed E-state index contributed by atoms with van der Waals surface area (Å²) in [5.74, 6) is -0.790. The number of aryl methyl sites for hydroxylation is 1. The molecule has 1 fully saturated rings. The van der Waals surface area contributed by atoms with Gasteiger partial charge in [-0.05, 0) is 30.9 Å². The molecule has 2 atom stereocenters. The Morgan fingerprint density at radius 2 is 2.00 bits per heavy atom. The third-order valence-corrected chi connectivity index (χ3v) is 5.20. The highest BCUT2D eigenvalue weighted by molar-refractivity contribution is 5.86. The van der Waals surface area contributed by atoms with Crippen LogP contribution in [0.25, 0.3) is 5.69 Å². The Morgan fingerprint density at radius 1 is 1.26 bits per heavy atom. The molecule has 2 aliphatic heterocycles. The minimum Gasteiger partial charge on any atom is -0.480 e. The van der Waals surface area contributed by atoms with E-state index in [2.05, 4.69) is 27.8 Å². The zero-order valence-electron chi connectivity index (χ0n) is 14.8. The summed E-state index contributed by atoms with van der Waals surface area (Å²) in [6.45, 7) is 1.40. The van der Waals surface area contributed by atoms with Gasteiger partial charge < -0.3 is 15.4 Å². The Labute approximate surface area is 177 Å². The lowest BCUT2D eigenvalue weighted by Crippen LogP contribution is -2.42. The van der Waals surface area contributed by atoms with Crippen molar-refractivity contribution < 1.29 is 9.90 Å². The van der Waals surface area contributed by atoms with Crippen LogP contribution < -0.4 is 5.73 Å². The number of rotatable bonds is 4. The molecule has 0 unspecified atom stereocenters. The molecule has 0 radical (unpaired) electrons. The van der Waals surface area contributed by atoms with Crippen molar-refractivity contribution >= 4 is 43.2 Å². The number of fused-ring (bicyclic) bond motifs is 3. The number of hydrogen-bond acceptors (Lipinski definition) is 4. The van der Waals surface area contributed by atoms with E-state index in [0.29, 0.717) is 13.0 Å². The van der Waals surface area contributed by atoms with Crippen LogP contribution in [-0.2, 0) is 24.1 Å². The van der Waals surface area contributed by atoms with Crippen LogP contribution in [0.4, 0.5) is 0 Å². The number of halogens is 3. The van der Waals surface area contributed by atoms with Crippen molar-refractivity contribution in [1.82, 2.24) is 14.5 Å². The number of aliphatic carboxylic acids is 1. The summed E-state index contributed by atoms with van der Waals surface area (Å²) < 4.78 is 2.11. The van der Waals surface area contributed by atoms with E-state index in [1.54, 1.807) is 0 Å². The van der Waals surface area contributed by atoms with E-state index < -0.39 is 12.0 Å². The highest BCUT2D eigenvalue weighted by atomic mass is 35.5. The van der Waals surface area contributed by atoms with Gasteiger partial charge in [0.25, 0.3) is 0 Å². The molecule has 150 valence electrons. The predicted octanol–water partition coefficient (Wildman–Crippen LogP) is 2.27. The summed E-state index contributed by atoms with van der Waals surface area (Å²) >= 11 is 0. The SMILES string of the molecule is Cl.Cl.Cl.N[C@H]1CCN([C@@H](Cc2ncn3c2CCc2ccccc2-3)C(=O)O)C1. The molecule has 9 heteroatoms. The first-order valence-electron chi connectivity index (χ1n) is 8.49. The summed E-state index contributed by atoms with van der Waals surface area (Å²) in [5.41, 5.74) is 10.5. The van der Waals surface area contributed by atoms with E-state index in [1.165, 1.54) is 5.56 Å². The molecule has 0 saturated carbocycles. The molecule has 1 aromatic carbocycles. The third kappa shape index (κ3) is 4.58. The standard InChI is InChI=1S/C18H22N4O2.3ClH/c19-13-7-8-21(10-13)17(18(23)24)9-14-16-6-5-12-3-1-2-4-15(12)22(16)11-20-14;;;/h1-4,11,13,17H,5-10,19H2,(H,23,24);3*1H/t13-,17-;;;/m0.../s1. The minimum absolute atomic E-state index is 0. The average molecular weight is 436 g/mol. The highest BCUT2D eigenvalue weighted by Crippen LogP contribution is 2.27. The molecule has 0 amide bonds. The van der Waals surface area contributed by atoms with Gasteiger partial charge in [0.1, 0.15) is 6.04 Å². The maximum absolute atomic E-state index is 11.8. The summed E-state index contributed by atoms with van der Waals surface area (Å²) in [6.07, 6.45) is 5.00. The maximum atomic E-state index is 11.8. The van der Waals surface area contributed by atoms with Gasteiger partial charge in [-0.3, -0.25) is 9.69 Å². The Balaban J connectivity index is 0.00000121. The van der Waals surface area contributed by atoms with Gasteiger partial charge in [0.05, 0.1) is 12.0 Å². The number of likely N-dealkylation sites (tertiary alicyclic amines) is 1. The summed E-state index contributed by atoms with van der Waals surface area (Å²) in [7, 11) is 0. The van der Waals surface area contributed by atoms with Crippen LogP contribution in [-0.4, -0.2) is 50.7 Å². The fourth-order valence-electron chi connectivity index (χ4n) is 3.92. The van der Waals surface area contributed by atoms with Gasteiger partial charge in [-0.2, -0.15) is 0 Å². The lowest BCUT2D eigenvalue weighted by atomic mass is 9.99. The first kappa shape index (κ1) is 23.7. The zero-order chi connectivity index (χ0) is 16.7. The van der Waals surface area contributed by atoms with E-state index >= 15 is 0 Å². The van der Waals surface area contributed by atoms with Crippen LogP contribution in [0.5, 0.6) is 0 Å². The highest BCUT2D eigenvalue weighted by Gasteiger charge is 2.33. The number of nitrogens with two attached hydrogens (primary N) is 1. The van der Waals surface area contributed by atoms with Gasteiger partial charge in [0.2, 0.25) is 0 Å². The van der Waals surface area contributed by atoms with E-state index in [1.807, 2.05) is 17.3 Å². The van der Waals surface area contributed by atoms with Crippen molar-refractivity contribution in [1.29, 1.82) is 0 Å². The largest absolute Gasteiger partial charge is 0.480 e. The quantitative estimate of drug-likeness (QED) is 0.769. The molecule has 1 saturated heterocycles. The molecule has 2 aliphatic rings. The van der Waals surface area contributed by atoms with Crippen LogP contribution in [0.2, 0.25) is 0 Å². The molecule has 0 bridgehead atoms. The monoisotopic (exact) mass is 434 g/mol. The maximum Gasteiger partial charge on any atom is 0.321 e. The molecule has 27 heavy (non-hydrogen) atoms. The average Bonchev–Trinajstić information content (AvgIpc) is 3.18.